The maximum Gasteiger partial charge on any atom is 0.221 e. The number of halogens is 1. The van der Waals surface area contributed by atoms with Crippen LogP contribution in [-0.2, 0) is 4.79 Å². The molecule has 0 radical (unpaired) electrons. The van der Waals surface area contributed by atoms with Crippen molar-refractivity contribution in [3.05, 3.63) is 107 Å². The highest BCUT2D eigenvalue weighted by atomic mass is 35.5. The summed E-state index contributed by atoms with van der Waals surface area (Å²) in [5.74, 6) is -0.0435. The van der Waals surface area contributed by atoms with Crippen molar-refractivity contribution in [3.8, 4) is 0 Å². The summed E-state index contributed by atoms with van der Waals surface area (Å²) in [6.45, 7) is 2.01. The molecule has 0 unspecified atom stereocenters. The number of carbonyl (C=O) groups is 1. The van der Waals surface area contributed by atoms with Crippen LogP contribution in [0.3, 0.4) is 0 Å². The Bertz CT molecular complexity index is 1100. The van der Waals surface area contributed by atoms with E-state index in [1.54, 1.807) is 0 Å². The monoisotopic (exact) mass is 402 g/mol. The number of fused-ring (bicyclic) bond motifs is 1. The van der Waals surface area contributed by atoms with Gasteiger partial charge in [0, 0.05) is 34.5 Å². The Balaban J connectivity index is 1.62. The summed E-state index contributed by atoms with van der Waals surface area (Å²) in [6, 6.07) is 25.9. The van der Waals surface area contributed by atoms with E-state index in [0.29, 0.717) is 11.4 Å². The number of aromatic nitrogens is 1. The van der Waals surface area contributed by atoms with E-state index in [0.717, 1.165) is 27.6 Å². The predicted molar refractivity (Wildman–Crippen MR) is 119 cm³/mol. The highest BCUT2D eigenvalue weighted by Crippen LogP contribution is 2.34. The second-order valence-electron chi connectivity index (χ2n) is 7.30. The Kier molecular flexibility index (Phi) is 5.68. The lowest BCUT2D eigenvalue weighted by Gasteiger charge is -2.20. The van der Waals surface area contributed by atoms with Crippen molar-refractivity contribution in [2.45, 2.75) is 25.3 Å². The van der Waals surface area contributed by atoms with Gasteiger partial charge in [-0.3, -0.25) is 4.79 Å². The third-order valence-corrected chi connectivity index (χ3v) is 5.59. The maximum atomic E-state index is 13.0. The van der Waals surface area contributed by atoms with E-state index in [-0.39, 0.29) is 17.9 Å². The number of nitrogens with one attached hydrogen (secondary N) is 2. The molecule has 146 valence electrons. The largest absolute Gasteiger partial charge is 0.361 e. The minimum atomic E-state index is -0.0635. The summed E-state index contributed by atoms with van der Waals surface area (Å²) in [5, 5.41) is 4.97. The molecule has 4 rings (SSSR count). The second kappa shape index (κ2) is 8.54. The molecule has 1 aromatic heterocycles. The maximum absolute atomic E-state index is 13.0. The lowest BCUT2D eigenvalue weighted by atomic mass is 9.88. The van der Waals surface area contributed by atoms with E-state index < -0.39 is 0 Å². The fraction of sp³-hybridized carbons (Fsp3) is 0.160. The molecule has 0 aliphatic carbocycles. The highest BCUT2D eigenvalue weighted by Gasteiger charge is 2.22. The van der Waals surface area contributed by atoms with E-state index in [9.17, 15) is 4.79 Å². The number of rotatable bonds is 6. The zero-order valence-electron chi connectivity index (χ0n) is 16.2. The minimum absolute atomic E-state index is 0.0200. The quantitative estimate of drug-likeness (QED) is 0.395. The van der Waals surface area contributed by atoms with E-state index in [2.05, 4.69) is 22.4 Å². The van der Waals surface area contributed by atoms with Crippen molar-refractivity contribution in [2.75, 3.05) is 0 Å². The lowest BCUT2D eigenvalue weighted by molar-refractivity contribution is -0.121. The van der Waals surface area contributed by atoms with Crippen LogP contribution in [0.4, 0.5) is 0 Å². The van der Waals surface area contributed by atoms with Crippen molar-refractivity contribution in [1.82, 2.24) is 10.3 Å². The zero-order chi connectivity index (χ0) is 20.2. The van der Waals surface area contributed by atoms with E-state index in [1.165, 1.54) is 0 Å². The molecule has 0 aliphatic heterocycles. The van der Waals surface area contributed by atoms with Gasteiger partial charge in [-0.15, -0.1) is 0 Å². The van der Waals surface area contributed by atoms with Crippen LogP contribution in [0.5, 0.6) is 0 Å². The van der Waals surface area contributed by atoms with Crippen molar-refractivity contribution >= 4 is 28.4 Å². The van der Waals surface area contributed by atoms with Gasteiger partial charge in [0.25, 0.3) is 0 Å². The topological polar surface area (TPSA) is 44.9 Å². The van der Waals surface area contributed by atoms with Crippen LogP contribution in [-0.4, -0.2) is 10.9 Å². The first-order valence-corrected chi connectivity index (χ1v) is 10.2. The molecular formula is C25H23ClN2O. The average Bonchev–Trinajstić information content (AvgIpc) is 3.17. The molecule has 0 spiro atoms. The van der Waals surface area contributed by atoms with Crippen LogP contribution in [0.25, 0.3) is 10.9 Å². The van der Waals surface area contributed by atoms with E-state index in [1.807, 2.05) is 79.9 Å². The zero-order valence-corrected chi connectivity index (χ0v) is 17.0. The van der Waals surface area contributed by atoms with Crippen molar-refractivity contribution in [1.29, 1.82) is 0 Å². The number of para-hydroxylation sites is 1. The van der Waals surface area contributed by atoms with Gasteiger partial charge in [-0.25, -0.2) is 0 Å². The Morgan fingerprint density at radius 3 is 2.38 bits per heavy atom. The van der Waals surface area contributed by atoms with Crippen molar-refractivity contribution in [2.24, 2.45) is 0 Å². The Hall–Kier alpha value is -3.04. The summed E-state index contributed by atoms with van der Waals surface area (Å²) in [7, 11) is 0. The summed E-state index contributed by atoms with van der Waals surface area (Å²) < 4.78 is 0. The van der Waals surface area contributed by atoms with Gasteiger partial charge in [0.15, 0.2) is 0 Å². The van der Waals surface area contributed by atoms with Gasteiger partial charge in [0.1, 0.15) is 0 Å². The fourth-order valence-corrected chi connectivity index (χ4v) is 3.92. The van der Waals surface area contributed by atoms with Crippen LogP contribution in [0, 0.1) is 0 Å². The first kappa shape index (κ1) is 19.3. The van der Waals surface area contributed by atoms with Crippen LogP contribution in [0.2, 0.25) is 5.02 Å². The van der Waals surface area contributed by atoms with Gasteiger partial charge in [-0.2, -0.15) is 0 Å². The molecule has 3 nitrogen and oxygen atoms in total. The number of carbonyl (C=O) groups excluding carboxylic acids is 1. The standard InChI is InChI=1S/C25H23ClN2O/c1-17(18-7-3-2-4-8-18)28-25(29)15-22(19-11-13-20(26)14-12-19)23-16-27-24-10-6-5-9-21(23)24/h2-14,16-17,22,27H,15H2,1H3,(H,28,29)/t17-,22+/m0/s1. The molecule has 2 N–H and O–H groups in total. The second-order valence-corrected chi connectivity index (χ2v) is 7.73. The summed E-state index contributed by atoms with van der Waals surface area (Å²) in [4.78, 5) is 16.3. The highest BCUT2D eigenvalue weighted by molar-refractivity contribution is 6.30. The van der Waals surface area contributed by atoms with Gasteiger partial charge in [0.2, 0.25) is 5.91 Å². The molecular weight excluding hydrogens is 380 g/mol. The smallest absolute Gasteiger partial charge is 0.221 e. The van der Waals surface area contributed by atoms with E-state index in [4.69, 9.17) is 11.6 Å². The van der Waals surface area contributed by atoms with Gasteiger partial charge < -0.3 is 10.3 Å². The Labute approximate surface area is 175 Å². The Morgan fingerprint density at radius 1 is 0.931 bits per heavy atom. The summed E-state index contributed by atoms with van der Waals surface area (Å²) >= 11 is 6.09. The van der Waals surface area contributed by atoms with Crippen LogP contribution in [0.1, 0.15) is 42.0 Å². The molecule has 3 aromatic carbocycles. The van der Waals surface area contributed by atoms with Gasteiger partial charge in [-0.1, -0.05) is 72.3 Å². The van der Waals surface area contributed by atoms with Crippen molar-refractivity contribution in [3.63, 3.8) is 0 Å². The summed E-state index contributed by atoms with van der Waals surface area (Å²) in [6.07, 6.45) is 2.37. The normalized spacial score (nSPS) is 13.2. The SMILES string of the molecule is C[C@H](NC(=O)C[C@H](c1ccc(Cl)cc1)c1c[nH]c2ccccc12)c1ccccc1. The molecule has 2 atom stereocenters. The number of hydrogen-bond donors (Lipinski definition) is 2. The average molecular weight is 403 g/mol. The number of amides is 1. The third-order valence-electron chi connectivity index (χ3n) is 5.34. The summed E-state index contributed by atoms with van der Waals surface area (Å²) in [5.41, 5.74) is 4.35. The number of aromatic amines is 1. The molecule has 1 amide bonds. The van der Waals surface area contributed by atoms with Gasteiger partial charge in [0.05, 0.1) is 6.04 Å². The minimum Gasteiger partial charge on any atom is -0.361 e. The molecule has 29 heavy (non-hydrogen) atoms. The molecule has 1 heterocycles. The molecule has 0 bridgehead atoms. The van der Waals surface area contributed by atoms with Crippen LogP contribution >= 0.6 is 11.6 Å². The lowest BCUT2D eigenvalue weighted by Crippen LogP contribution is -2.28. The molecule has 0 saturated carbocycles. The number of benzene rings is 3. The van der Waals surface area contributed by atoms with Gasteiger partial charge in [-0.05, 0) is 41.8 Å². The van der Waals surface area contributed by atoms with E-state index >= 15 is 0 Å². The van der Waals surface area contributed by atoms with Crippen LogP contribution < -0.4 is 5.32 Å². The first-order valence-electron chi connectivity index (χ1n) is 9.77. The van der Waals surface area contributed by atoms with Crippen LogP contribution in [0.15, 0.2) is 85.1 Å². The number of H-pyrrole nitrogens is 1. The fourth-order valence-electron chi connectivity index (χ4n) is 3.80. The molecule has 0 aliphatic rings. The van der Waals surface area contributed by atoms with Crippen molar-refractivity contribution < 1.29 is 4.79 Å². The molecule has 0 saturated heterocycles. The third kappa shape index (κ3) is 4.36. The number of hydrogen-bond acceptors (Lipinski definition) is 1. The predicted octanol–water partition coefficient (Wildman–Crippen LogP) is 6.22. The molecule has 4 heteroatoms. The first-order chi connectivity index (χ1) is 14.1. The van der Waals surface area contributed by atoms with Gasteiger partial charge >= 0.3 is 0 Å². The molecule has 0 fully saturated rings. The molecule has 4 aromatic rings. The Morgan fingerprint density at radius 2 is 1.62 bits per heavy atom.